The van der Waals surface area contributed by atoms with Gasteiger partial charge < -0.3 is 25.6 Å². The van der Waals surface area contributed by atoms with E-state index in [-0.39, 0.29) is 6.47 Å². The Hall–Kier alpha value is -3.40. The maximum absolute atomic E-state index is 14.0. The van der Waals surface area contributed by atoms with Gasteiger partial charge in [0.15, 0.2) is 0 Å². The van der Waals surface area contributed by atoms with E-state index in [2.05, 4.69) is 11.8 Å². The molecule has 1 aromatic rings. The Kier molecular flexibility index (Phi) is 19.6. The number of halogens is 1. The predicted octanol–water partition coefficient (Wildman–Crippen LogP) is 4.89. The first kappa shape index (κ1) is 36.6. The molecule has 1 saturated heterocycles. The number of hydrogen-bond acceptors (Lipinski definition) is 8. The molecule has 2 heterocycles. The van der Waals surface area contributed by atoms with Gasteiger partial charge >= 0.3 is 0 Å². The number of aromatic nitrogens is 1. The molecule has 1 atom stereocenters. The SMILES string of the molecule is CC.CCCCCC(/C=C\C=O)=C/N(C)C/C(=C(/N)c1ccc(N2CCCC(F)C2)c(CC)n1)N(C)N.O=CO. The lowest BCUT2D eigenvalue weighted by molar-refractivity contribution is -0.122. The first-order valence-electron chi connectivity index (χ1n) is 14.2. The zero-order valence-corrected chi connectivity index (χ0v) is 25.3. The standard InChI is InChI=1S/C27H43FN6O.C2H6.CH2O2/c1-5-7-8-11-21(12-10-17-35)18-32(3)20-26(33(4)30)27(29)24-14-15-25(23(6-2)31-24)34-16-9-13-22(28)19-34;1-2;2-1-3/h10,12,14-15,17-18,22H,5-9,11,13,16,19-20,29-30H2,1-4H3;1-2H3;1H,(H,2,3)/b12-10-,21-18-,27-26-;;. The van der Waals surface area contributed by atoms with Crippen molar-refractivity contribution in [1.29, 1.82) is 0 Å². The molecule has 0 spiro atoms. The number of nitrogens with two attached hydrogens (primary N) is 2. The Balaban J connectivity index is 0.00000284. The van der Waals surface area contributed by atoms with E-state index in [4.69, 9.17) is 26.5 Å². The molecule has 0 saturated carbocycles. The van der Waals surface area contributed by atoms with Crippen molar-refractivity contribution in [3.63, 3.8) is 0 Å². The summed E-state index contributed by atoms with van der Waals surface area (Å²) in [7, 11) is 3.72. The molecule has 1 aliphatic heterocycles. The van der Waals surface area contributed by atoms with Crippen LogP contribution in [-0.4, -0.2) is 72.7 Å². The minimum atomic E-state index is -0.799. The highest BCUT2D eigenvalue weighted by Gasteiger charge is 2.22. The number of piperidine rings is 1. The van der Waals surface area contributed by atoms with Gasteiger partial charge in [-0.05, 0) is 55.9 Å². The lowest BCUT2D eigenvalue weighted by Gasteiger charge is -2.32. The number of hydrogen-bond donors (Lipinski definition) is 3. The van der Waals surface area contributed by atoms with Crippen LogP contribution in [0.1, 0.15) is 77.6 Å². The van der Waals surface area contributed by atoms with Gasteiger partial charge in [-0.1, -0.05) is 46.6 Å². The first-order valence-corrected chi connectivity index (χ1v) is 14.2. The molecule has 1 aromatic heterocycles. The van der Waals surface area contributed by atoms with Gasteiger partial charge in [-0.15, -0.1) is 0 Å². The Morgan fingerprint density at radius 2 is 1.90 bits per heavy atom. The van der Waals surface area contributed by atoms with Crippen molar-refractivity contribution in [3.05, 3.63) is 53.1 Å². The van der Waals surface area contributed by atoms with Crippen molar-refractivity contribution in [1.82, 2.24) is 14.9 Å². The second-order valence-electron chi connectivity index (χ2n) is 9.35. The smallest absolute Gasteiger partial charge is 0.290 e. The van der Waals surface area contributed by atoms with Crippen LogP contribution in [0, 0.1) is 0 Å². The number of unbranched alkanes of at least 4 members (excludes halogenated alkanes) is 2. The number of carbonyl (C=O) groups excluding carboxylic acids is 1. The lowest BCUT2D eigenvalue weighted by Crippen LogP contribution is -2.37. The van der Waals surface area contributed by atoms with E-state index in [1.165, 1.54) is 11.1 Å². The van der Waals surface area contributed by atoms with E-state index < -0.39 is 6.17 Å². The Morgan fingerprint density at radius 1 is 1.23 bits per heavy atom. The van der Waals surface area contributed by atoms with Crippen molar-refractivity contribution in [2.24, 2.45) is 11.6 Å². The van der Waals surface area contributed by atoms with Crippen molar-refractivity contribution < 1.29 is 19.1 Å². The molecular weight excluding hydrogens is 511 g/mol. The maximum atomic E-state index is 14.0. The summed E-state index contributed by atoms with van der Waals surface area (Å²) in [5.41, 5.74) is 11.5. The molecule has 0 radical (unpaired) electrons. The molecule has 0 bridgehead atoms. The molecule has 0 aliphatic carbocycles. The van der Waals surface area contributed by atoms with E-state index >= 15 is 0 Å². The molecule has 0 aromatic carbocycles. The van der Waals surface area contributed by atoms with Gasteiger partial charge in [-0.25, -0.2) is 15.2 Å². The Labute approximate surface area is 240 Å². The monoisotopic (exact) mass is 562 g/mol. The molecule has 10 heteroatoms. The summed E-state index contributed by atoms with van der Waals surface area (Å²) >= 11 is 0. The van der Waals surface area contributed by atoms with E-state index in [9.17, 15) is 9.18 Å². The predicted molar refractivity (Wildman–Crippen MR) is 163 cm³/mol. The number of allylic oxidation sites excluding steroid dienone is 3. The number of aryl methyl sites for hydroxylation is 1. The zero-order chi connectivity index (χ0) is 30.5. The number of pyridine rings is 1. The van der Waals surface area contributed by atoms with Crippen LogP contribution in [0.2, 0.25) is 0 Å². The fourth-order valence-corrected chi connectivity index (χ4v) is 4.37. The number of likely N-dealkylation sites (N-methyl/N-ethyl adjacent to an activating group) is 2. The van der Waals surface area contributed by atoms with E-state index in [0.29, 0.717) is 30.9 Å². The molecule has 1 fully saturated rings. The number of aldehydes is 1. The maximum Gasteiger partial charge on any atom is 0.290 e. The van der Waals surface area contributed by atoms with Gasteiger partial charge in [0.2, 0.25) is 0 Å². The summed E-state index contributed by atoms with van der Waals surface area (Å²) in [6, 6.07) is 3.90. The average molecular weight is 563 g/mol. The summed E-state index contributed by atoms with van der Waals surface area (Å²) in [6.45, 7) is 9.70. The van der Waals surface area contributed by atoms with Gasteiger partial charge in [0.25, 0.3) is 6.47 Å². The van der Waals surface area contributed by atoms with Crippen LogP contribution in [0.3, 0.4) is 0 Å². The van der Waals surface area contributed by atoms with Crippen LogP contribution in [0.25, 0.3) is 5.70 Å². The highest BCUT2D eigenvalue weighted by atomic mass is 19.1. The molecular formula is C30H51FN6O3. The topological polar surface area (TPSA) is 129 Å². The third-order valence-corrected chi connectivity index (χ3v) is 6.25. The van der Waals surface area contributed by atoms with Gasteiger partial charge in [0.05, 0.1) is 35.0 Å². The molecule has 1 unspecified atom stereocenters. The molecule has 9 nitrogen and oxygen atoms in total. The fourth-order valence-electron chi connectivity index (χ4n) is 4.37. The fraction of sp³-hybridized carbons (Fsp3) is 0.567. The molecule has 40 heavy (non-hydrogen) atoms. The molecule has 1 aliphatic rings. The number of anilines is 1. The van der Waals surface area contributed by atoms with Crippen LogP contribution in [-0.2, 0) is 16.0 Å². The zero-order valence-electron chi connectivity index (χ0n) is 25.3. The first-order chi connectivity index (χ1) is 19.2. The molecule has 226 valence electrons. The Morgan fingerprint density at radius 3 is 2.45 bits per heavy atom. The second-order valence-corrected chi connectivity index (χ2v) is 9.35. The van der Waals surface area contributed by atoms with E-state index in [1.807, 2.05) is 57.1 Å². The molecule has 2 rings (SSSR count). The normalized spacial score (nSPS) is 15.8. The van der Waals surface area contributed by atoms with Crippen molar-refractivity contribution in [2.45, 2.75) is 78.8 Å². The summed E-state index contributed by atoms with van der Waals surface area (Å²) in [5.74, 6) is 6.18. The van der Waals surface area contributed by atoms with E-state index in [1.54, 1.807) is 7.05 Å². The third-order valence-electron chi connectivity index (χ3n) is 6.25. The van der Waals surface area contributed by atoms with Crippen LogP contribution in [0.4, 0.5) is 10.1 Å². The number of nitrogens with zero attached hydrogens (tertiary/aromatic N) is 4. The average Bonchev–Trinajstić information content (AvgIpc) is 2.95. The van der Waals surface area contributed by atoms with Crippen LogP contribution in [0.5, 0.6) is 0 Å². The van der Waals surface area contributed by atoms with E-state index in [0.717, 1.165) is 74.0 Å². The van der Waals surface area contributed by atoms with Gasteiger partial charge in [0, 0.05) is 33.4 Å². The Bertz CT molecular complexity index is 965. The van der Waals surface area contributed by atoms with Gasteiger partial charge in [-0.2, -0.15) is 0 Å². The number of carbonyl (C=O) groups is 2. The molecule has 0 amide bonds. The highest BCUT2D eigenvalue weighted by Crippen LogP contribution is 2.27. The summed E-state index contributed by atoms with van der Waals surface area (Å²) in [4.78, 5) is 28.1. The lowest BCUT2D eigenvalue weighted by atomic mass is 10.1. The molecule has 5 N–H and O–H groups in total. The summed E-state index contributed by atoms with van der Waals surface area (Å²) in [6.07, 6.45) is 11.9. The largest absolute Gasteiger partial charge is 0.483 e. The van der Waals surface area contributed by atoms with Crippen LogP contribution in [0.15, 0.2) is 41.8 Å². The van der Waals surface area contributed by atoms with Crippen LogP contribution >= 0.6 is 0 Å². The highest BCUT2D eigenvalue weighted by molar-refractivity contribution is 5.66. The van der Waals surface area contributed by atoms with Gasteiger partial charge in [0.1, 0.15) is 12.5 Å². The quantitative estimate of drug-likeness (QED) is 0.0768. The minimum absolute atomic E-state index is 0.250. The number of rotatable bonds is 13. The number of hydrazine groups is 1. The minimum Gasteiger partial charge on any atom is -0.483 e. The van der Waals surface area contributed by atoms with Crippen LogP contribution < -0.4 is 16.5 Å². The van der Waals surface area contributed by atoms with Gasteiger partial charge in [-0.3, -0.25) is 9.59 Å². The van der Waals surface area contributed by atoms with Crippen molar-refractivity contribution in [3.8, 4) is 0 Å². The number of alkyl halides is 1. The third kappa shape index (κ3) is 13.1. The van der Waals surface area contributed by atoms with Crippen molar-refractivity contribution in [2.75, 3.05) is 38.6 Å². The second kappa shape index (κ2) is 21.4. The van der Waals surface area contributed by atoms with Crippen molar-refractivity contribution >= 4 is 24.1 Å². The number of carboxylic acid groups (broad SMARTS) is 1. The summed E-state index contributed by atoms with van der Waals surface area (Å²) < 4.78 is 14.0. The summed E-state index contributed by atoms with van der Waals surface area (Å²) in [5, 5.41) is 8.41.